The van der Waals surface area contributed by atoms with Gasteiger partial charge in [-0.25, -0.2) is 0 Å². The van der Waals surface area contributed by atoms with Gasteiger partial charge in [0.2, 0.25) is 0 Å². The van der Waals surface area contributed by atoms with Crippen molar-refractivity contribution < 1.29 is 38.3 Å². The zero-order valence-corrected chi connectivity index (χ0v) is 27.2. The fourth-order valence-electron chi connectivity index (χ4n) is 7.55. The van der Waals surface area contributed by atoms with Crippen molar-refractivity contribution in [2.75, 3.05) is 91.3 Å². The topological polar surface area (TPSA) is 140 Å². The van der Waals surface area contributed by atoms with E-state index in [9.17, 15) is 5.11 Å². The van der Waals surface area contributed by atoms with Crippen LogP contribution in [0.4, 0.5) is 5.69 Å². The van der Waals surface area contributed by atoms with Crippen LogP contribution in [-0.2, 0) is 52.4 Å². The van der Waals surface area contributed by atoms with Gasteiger partial charge in [0, 0.05) is 75.8 Å². The molecular formula is C35H53N3O8. The van der Waals surface area contributed by atoms with E-state index < -0.39 is 0 Å². The Balaban J connectivity index is 0.000000140. The van der Waals surface area contributed by atoms with E-state index in [2.05, 4.69) is 9.80 Å². The predicted molar refractivity (Wildman–Crippen MR) is 170 cm³/mol. The summed E-state index contributed by atoms with van der Waals surface area (Å²) in [5.41, 5.74) is 10.0. The third-order valence-corrected chi connectivity index (χ3v) is 10.6. The highest BCUT2D eigenvalue weighted by atomic mass is 16.6. The van der Waals surface area contributed by atoms with Gasteiger partial charge in [-0.2, -0.15) is 0 Å². The fourth-order valence-corrected chi connectivity index (χ4v) is 7.55. The van der Waals surface area contributed by atoms with Crippen LogP contribution in [0, 0.1) is 11.8 Å². The first-order valence-electron chi connectivity index (χ1n) is 17.9. The Morgan fingerprint density at radius 3 is 1.30 bits per heavy atom. The summed E-state index contributed by atoms with van der Waals surface area (Å²) in [4.78, 5) is 5.24. The Morgan fingerprint density at radius 1 is 0.543 bits per heavy atom. The molecule has 7 aliphatic heterocycles. The maximum Gasteiger partial charge on any atom is 0.121 e. The number of nitrogen functional groups attached to an aromatic ring is 1. The largest absolute Gasteiger partial charge is 0.508 e. The molecular weight excluding hydrogens is 590 g/mol. The van der Waals surface area contributed by atoms with Gasteiger partial charge in [-0.05, 0) is 42.2 Å². The van der Waals surface area contributed by atoms with E-state index in [0.717, 1.165) is 120 Å². The summed E-state index contributed by atoms with van der Waals surface area (Å²) in [6.07, 6.45) is 10.7. The molecule has 0 spiro atoms. The molecule has 11 nitrogen and oxygen atoms in total. The summed E-state index contributed by atoms with van der Waals surface area (Å²) >= 11 is 0. The molecule has 1 aromatic rings. The zero-order valence-electron chi connectivity index (χ0n) is 27.2. The van der Waals surface area contributed by atoms with Crippen LogP contribution in [0.1, 0.15) is 42.4 Å². The maximum atomic E-state index is 10.2. The number of nitrogens with two attached hydrogens (primary N) is 1. The smallest absolute Gasteiger partial charge is 0.121 e. The molecule has 9 atom stereocenters. The number of nitrogens with zero attached hydrogens (tertiary/aromatic N) is 2. The number of phenolic OH excluding ortho intramolecular Hbond substituents is 1. The number of hydrogen-bond acceptors (Lipinski definition) is 11. The van der Waals surface area contributed by atoms with Crippen molar-refractivity contribution in [3.8, 4) is 5.75 Å². The van der Waals surface area contributed by atoms with Crippen molar-refractivity contribution in [1.29, 1.82) is 0 Å². The number of epoxide rings is 7. The van der Waals surface area contributed by atoms with Crippen LogP contribution in [0.25, 0.3) is 0 Å². The van der Waals surface area contributed by atoms with Gasteiger partial charge in [-0.1, -0.05) is 6.42 Å². The molecule has 7 saturated heterocycles. The molecule has 8 aliphatic rings. The van der Waals surface area contributed by atoms with Gasteiger partial charge in [-0.15, -0.1) is 0 Å². The highest BCUT2D eigenvalue weighted by Crippen LogP contribution is 2.37. The molecule has 0 radical (unpaired) electrons. The number of aromatic hydroxyl groups is 1. The monoisotopic (exact) mass is 643 g/mol. The van der Waals surface area contributed by atoms with Crippen LogP contribution < -0.4 is 5.73 Å². The molecule has 0 amide bonds. The van der Waals surface area contributed by atoms with E-state index >= 15 is 0 Å². The number of hydrogen-bond donors (Lipinski definition) is 2. The molecule has 7 heterocycles. The minimum absolute atomic E-state index is 0.244. The first kappa shape index (κ1) is 31.7. The van der Waals surface area contributed by atoms with Crippen LogP contribution in [0.2, 0.25) is 0 Å². The standard InChI is InChI=1S/C20H34N2O4.C15H19NO4/c1-2-15(5-21(7-17-11-23-17)8-18-12-24-18)4-16(3-1)6-22(9-19-13-25-19)10-20-14-26-20;16-14-4-15(17)13(3-10-7-20-10)11(1-8-5-18-8)12(14)2-9-6-19-9/h15-20H,1-14H2;4,8-10,17H,1-3,5-7,16H2. The maximum absolute atomic E-state index is 10.2. The highest BCUT2D eigenvalue weighted by Gasteiger charge is 2.36. The van der Waals surface area contributed by atoms with Gasteiger partial charge in [0.15, 0.2) is 0 Å². The quantitative estimate of drug-likeness (QED) is 0.179. The van der Waals surface area contributed by atoms with E-state index in [1.54, 1.807) is 6.07 Å². The van der Waals surface area contributed by atoms with Crippen molar-refractivity contribution >= 4 is 5.69 Å². The average Bonchev–Trinajstić information content (AvgIpc) is 3.82. The number of anilines is 1. The van der Waals surface area contributed by atoms with Gasteiger partial charge < -0.3 is 44.0 Å². The van der Waals surface area contributed by atoms with E-state index in [-0.39, 0.29) is 24.1 Å². The number of ether oxygens (including phenoxy) is 7. The summed E-state index contributed by atoms with van der Waals surface area (Å²) < 4.78 is 37.9. The van der Waals surface area contributed by atoms with Crippen molar-refractivity contribution in [1.82, 2.24) is 9.80 Å². The molecule has 8 fully saturated rings. The highest BCUT2D eigenvalue weighted by molar-refractivity contribution is 5.60. The second-order valence-electron chi connectivity index (χ2n) is 15.1. The molecule has 1 aromatic carbocycles. The lowest BCUT2D eigenvalue weighted by Crippen LogP contribution is -2.40. The summed E-state index contributed by atoms with van der Waals surface area (Å²) in [5.74, 6) is 1.96. The number of rotatable bonds is 18. The van der Waals surface area contributed by atoms with E-state index in [1.165, 1.54) is 38.8 Å². The van der Waals surface area contributed by atoms with Crippen LogP contribution in [0.5, 0.6) is 5.75 Å². The molecule has 11 heteroatoms. The Hall–Kier alpha value is -1.54. The first-order chi connectivity index (χ1) is 22.5. The first-order valence-corrected chi connectivity index (χ1v) is 17.9. The van der Waals surface area contributed by atoms with Crippen molar-refractivity contribution in [2.24, 2.45) is 11.8 Å². The van der Waals surface area contributed by atoms with E-state index in [1.807, 2.05) is 0 Å². The number of benzene rings is 1. The molecule has 46 heavy (non-hydrogen) atoms. The van der Waals surface area contributed by atoms with Crippen LogP contribution in [-0.4, -0.2) is 143 Å². The van der Waals surface area contributed by atoms with Crippen molar-refractivity contribution in [3.05, 3.63) is 22.8 Å². The lowest BCUT2D eigenvalue weighted by atomic mass is 9.80. The molecule has 3 N–H and O–H groups in total. The Labute approximate surface area is 272 Å². The Kier molecular flexibility index (Phi) is 9.74. The number of phenols is 1. The Morgan fingerprint density at radius 2 is 0.913 bits per heavy atom. The van der Waals surface area contributed by atoms with Gasteiger partial charge in [-0.3, -0.25) is 9.80 Å². The lowest BCUT2D eigenvalue weighted by molar-refractivity contribution is 0.125. The fraction of sp³-hybridized carbons (Fsp3) is 0.829. The second-order valence-corrected chi connectivity index (χ2v) is 15.1. The SMILES string of the molecule is C1CC(CN(CC2CO2)CC2CO2)CC(CN(CC2CO2)CC2CO2)C1.Nc1cc(O)c(CC2CO2)c(CC2CO2)c1CC1CO1. The van der Waals surface area contributed by atoms with Gasteiger partial charge >= 0.3 is 0 Å². The average molecular weight is 644 g/mol. The van der Waals surface area contributed by atoms with Crippen LogP contribution in [0.3, 0.4) is 0 Å². The van der Waals surface area contributed by atoms with E-state index in [4.69, 9.17) is 38.9 Å². The van der Waals surface area contributed by atoms with Crippen molar-refractivity contribution in [2.45, 2.75) is 87.7 Å². The van der Waals surface area contributed by atoms with Gasteiger partial charge in [0.1, 0.15) is 5.75 Å². The predicted octanol–water partition coefficient (Wildman–Crippen LogP) is 1.79. The third-order valence-electron chi connectivity index (χ3n) is 10.6. The van der Waals surface area contributed by atoms with Gasteiger partial charge in [0.05, 0.1) is 89.0 Å². The molecule has 9 rings (SSSR count). The molecule has 0 aromatic heterocycles. The second kappa shape index (κ2) is 14.1. The van der Waals surface area contributed by atoms with E-state index in [0.29, 0.717) is 30.1 Å². The summed E-state index contributed by atoms with van der Waals surface area (Å²) in [7, 11) is 0. The van der Waals surface area contributed by atoms with Crippen LogP contribution in [0.15, 0.2) is 6.07 Å². The van der Waals surface area contributed by atoms with Crippen LogP contribution >= 0.6 is 0 Å². The molecule has 1 aliphatic carbocycles. The minimum atomic E-state index is 0.244. The Bertz CT molecular complexity index is 1070. The third kappa shape index (κ3) is 9.99. The lowest BCUT2D eigenvalue weighted by Gasteiger charge is -2.35. The molecule has 9 unspecified atom stereocenters. The zero-order chi connectivity index (χ0) is 31.0. The summed E-state index contributed by atoms with van der Waals surface area (Å²) in [6.45, 7) is 13.1. The molecule has 1 saturated carbocycles. The summed E-state index contributed by atoms with van der Waals surface area (Å²) in [6, 6.07) is 1.67. The minimum Gasteiger partial charge on any atom is -0.508 e. The molecule has 256 valence electrons. The van der Waals surface area contributed by atoms with Crippen molar-refractivity contribution in [3.63, 3.8) is 0 Å². The molecule has 0 bridgehead atoms. The summed E-state index contributed by atoms with van der Waals surface area (Å²) in [5, 5.41) is 10.2. The van der Waals surface area contributed by atoms with Gasteiger partial charge in [0.25, 0.3) is 0 Å². The normalized spacial score (nSPS) is 36.3.